The van der Waals surface area contributed by atoms with Crippen molar-refractivity contribution in [3.63, 3.8) is 0 Å². The Kier molecular flexibility index (Phi) is 4.03. The zero-order chi connectivity index (χ0) is 6.41. The average molecular weight is 118 g/mol. The largest absolute Gasteiger partial charge is 0.588 e. The minimum Gasteiger partial charge on any atom is -0.588 e. The molecule has 0 aliphatic heterocycles. The van der Waals surface area contributed by atoms with Crippen molar-refractivity contribution in [1.29, 1.82) is 0 Å². The minimum atomic E-state index is -0.410. The predicted molar refractivity (Wildman–Crippen MR) is 27.2 cm³/mol. The number of hydrogen-bond acceptors (Lipinski definition) is 1. The van der Waals surface area contributed by atoms with Crippen LogP contribution in [-0.4, -0.2) is 11.1 Å². The maximum absolute atomic E-state index is 9.35. The summed E-state index contributed by atoms with van der Waals surface area (Å²) in [7, 11) is 0. The minimum absolute atomic E-state index is 0.361. The van der Waals surface area contributed by atoms with Crippen LogP contribution in [0.5, 0.6) is 0 Å². The van der Waals surface area contributed by atoms with Gasteiger partial charge in [0.1, 0.15) is 6.42 Å². The lowest BCUT2D eigenvalue weighted by Crippen LogP contribution is -2.08. The van der Waals surface area contributed by atoms with Crippen LogP contribution in [0, 0.1) is 0 Å². The molecular weight excluding hydrogens is 108 g/mol. The number of rotatable bonds is 3. The van der Waals surface area contributed by atoms with Crippen molar-refractivity contribution in [3.05, 3.63) is 0 Å². The third kappa shape index (κ3) is 3.46. The third-order valence-electron chi connectivity index (χ3n) is 0.840. The molecular formula is C5H10O3. The smallest absolute Gasteiger partial charge is 0.495 e. The fourth-order valence-corrected chi connectivity index (χ4v) is 0.370. The first kappa shape index (κ1) is 7.27. The van der Waals surface area contributed by atoms with E-state index in [2.05, 4.69) is 4.58 Å². The van der Waals surface area contributed by atoms with E-state index in [1.165, 1.54) is 0 Å². The molecule has 0 aromatic heterocycles. The molecule has 0 saturated heterocycles. The normalized spacial score (nSPS) is 11.9. The molecule has 0 heterocycles. The number of hydrogen-bond donors (Lipinski definition) is 1. The van der Waals surface area contributed by atoms with Crippen molar-refractivity contribution in [2.24, 2.45) is 0 Å². The summed E-state index contributed by atoms with van der Waals surface area (Å²) >= 11 is 0. The van der Waals surface area contributed by atoms with Gasteiger partial charge in [0.05, 0.1) is 0 Å². The molecule has 8 heavy (non-hydrogen) atoms. The van der Waals surface area contributed by atoms with Crippen LogP contribution in [0.25, 0.3) is 0 Å². The van der Waals surface area contributed by atoms with Crippen molar-refractivity contribution >= 4 is 5.97 Å². The third-order valence-corrected chi connectivity index (χ3v) is 0.840. The van der Waals surface area contributed by atoms with Crippen molar-refractivity contribution < 1.29 is 14.9 Å². The van der Waals surface area contributed by atoms with Crippen LogP contribution in [-0.2, 0) is 4.58 Å². The lowest BCUT2D eigenvalue weighted by atomic mass is 10.3. The van der Waals surface area contributed by atoms with Crippen LogP contribution in [0.1, 0.15) is 26.2 Å². The molecule has 48 valence electrons. The Hall–Kier alpha value is -0.730. The van der Waals surface area contributed by atoms with E-state index in [-0.39, 0.29) is 0 Å². The molecule has 0 unspecified atom stereocenters. The van der Waals surface area contributed by atoms with Gasteiger partial charge in [0.2, 0.25) is 0 Å². The Morgan fingerprint density at radius 3 is 2.75 bits per heavy atom. The van der Waals surface area contributed by atoms with Gasteiger partial charge in [0.15, 0.2) is 0 Å². The average Bonchev–Trinajstić information content (AvgIpc) is 1.83. The Bertz CT molecular complexity index is 77.7. The number of aliphatic hydroxyl groups excluding tert-OH is 1. The maximum atomic E-state index is 9.35. The van der Waals surface area contributed by atoms with Gasteiger partial charge in [0, 0.05) is 0 Å². The van der Waals surface area contributed by atoms with Crippen LogP contribution < -0.4 is 5.26 Å². The van der Waals surface area contributed by atoms with Crippen molar-refractivity contribution in [3.8, 4) is 0 Å². The van der Waals surface area contributed by atoms with Crippen LogP contribution >= 0.6 is 0 Å². The van der Waals surface area contributed by atoms with Crippen molar-refractivity contribution in [1.82, 2.24) is 0 Å². The molecule has 0 spiro atoms. The molecule has 0 saturated carbocycles. The highest BCUT2D eigenvalue weighted by Gasteiger charge is 2.02. The standard InChI is InChI=1S/C5H10O3/c1-2-3-4-5(6)8-7/h6H,2-4H2,1H3. The van der Waals surface area contributed by atoms with Crippen LogP contribution in [0.4, 0.5) is 0 Å². The van der Waals surface area contributed by atoms with Crippen molar-refractivity contribution in [2.45, 2.75) is 26.2 Å². The summed E-state index contributed by atoms with van der Waals surface area (Å²) in [6.07, 6.45) is 2.11. The van der Waals surface area contributed by atoms with E-state index < -0.39 is 5.97 Å². The summed E-state index contributed by atoms with van der Waals surface area (Å²) in [4.78, 5) is 0. The van der Waals surface area contributed by atoms with E-state index in [4.69, 9.17) is 5.11 Å². The Balaban J connectivity index is 3.12. The second-order valence-corrected chi connectivity index (χ2v) is 1.58. The van der Waals surface area contributed by atoms with Crippen LogP contribution in [0.15, 0.2) is 0 Å². The molecule has 1 N–H and O–H groups in total. The van der Waals surface area contributed by atoms with Gasteiger partial charge in [-0.25, -0.2) is 0 Å². The molecule has 0 amide bonds. The van der Waals surface area contributed by atoms with Gasteiger partial charge in [-0.3, -0.25) is 4.58 Å². The number of carboxylic acid groups (broad SMARTS) is 1. The Labute approximate surface area is 48.2 Å². The highest BCUT2D eigenvalue weighted by Crippen LogP contribution is 1.91. The Morgan fingerprint density at radius 2 is 2.38 bits per heavy atom. The lowest BCUT2D eigenvalue weighted by Gasteiger charge is -1.85. The van der Waals surface area contributed by atoms with Crippen LogP contribution in [0.2, 0.25) is 0 Å². The lowest BCUT2D eigenvalue weighted by molar-refractivity contribution is -1.05. The van der Waals surface area contributed by atoms with Gasteiger partial charge in [-0.1, -0.05) is 13.3 Å². The van der Waals surface area contributed by atoms with Gasteiger partial charge in [-0.15, -0.1) is 0 Å². The summed E-state index contributed by atoms with van der Waals surface area (Å²) in [6, 6.07) is 0. The summed E-state index contributed by atoms with van der Waals surface area (Å²) in [5.41, 5.74) is 0. The molecule has 0 rings (SSSR count). The molecule has 3 nitrogen and oxygen atoms in total. The van der Waals surface area contributed by atoms with E-state index in [9.17, 15) is 5.26 Å². The molecule has 0 aromatic carbocycles. The quantitative estimate of drug-likeness (QED) is 0.324. The summed E-state index contributed by atoms with van der Waals surface area (Å²) in [5.74, 6) is -0.410. The highest BCUT2D eigenvalue weighted by atomic mass is 17.1. The van der Waals surface area contributed by atoms with Gasteiger partial charge in [0.25, 0.3) is 0 Å². The van der Waals surface area contributed by atoms with E-state index in [1.807, 2.05) is 6.92 Å². The molecule has 0 radical (unpaired) electrons. The Morgan fingerprint density at radius 1 is 1.75 bits per heavy atom. The fourth-order valence-electron chi connectivity index (χ4n) is 0.370. The van der Waals surface area contributed by atoms with E-state index >= 15 is 0 Å². The zero-order valence-corrected chi connectivity index (χ0v) is 4.89. The summed E-state index contributed by atoms with van der Waals surface area (Å²) < 4.78 is 3.27. The van der Waals surface area contributed by atoms with Crippen LogP contribution in [0.3, 0.4) is 0 Å². The number of carboxylic acids is 1. The molecule has 0 aliphatic rings. The van der Waals surface area contributed by atoms with E-state index in [0.29, 0.717) is 6.42 Å². The summed E-state index contributed by atoms with van der Waals surface area (Å²) in [6.45, 7) is 1.97. The zero-order valence-electron chi connectivity index (χ0n) is 4.89. The summed E-state index contributed by atoms with van der Waals surface area (Å²) in [5, 5.41) is 17.7. The van der Waals surface area contributed by atoms with Gasteiger partial charge < -0.3 is 10.4 Å². The first-order valence-corrected chi connectivity index (χ1v) is 2.66. The second-order valence-electron chi connectivity index (χ2n) is 1.58. The highest BCUT2D eigenvalue weighted by molar-refractivity contribution is 5.66. The van der Waals surface area contributed by atoms with Gasteiger partial charge in [-0.05, 0) is 6.42 Å². The van der Waals surface area contributed by atoms with E-state index in [1.54, 1.807) is 0 Å². The number of unbranched alkanes of at least 4 members (excludes halogenated alkanes) is 1. The molecule has 0 aromatic rings. The van der Waals surface area contributed by atoms with E-state index in [0.717, 1.165) is 12.8 Å². The van der Waals surface area contributed by atoms with Crippen molar-refractivity contribution in [2.75, 3.05) is 0 Å². The first-order valence-electron chi connectivity index (χ1n) is 2.66. The molecule has 0 bridgehead atoms. The fraction of sp³-hybridized carbons (Fsp3) is 0.800. The maximum Gasteiger partial charge on any atom is 0.495 e. The predicted octanol–water partition coefficient (Wildman–Crippen LogP) is 0.0722. The second kappa shape index (κ2) is 4.43. The SMILES string of the molecule is CCCCC(O)=[O+][O-]. The molecule has 0 fully saturated rings. The van der Waals surface area contributed by atoms with Gasteiger partial charge in [-0.2, -0.15) is 0 Å². The van der Waals surface area contributed by atoms with Gasteiger partial charge >= 0.3 is 5.97 Å². The molecule has 3 heteroatoms. The molecule has 0 atom stereocenters. The topological polar surface area (TPSA) is 54.6 Å². The molecule has 0 aliphatic carbocycles. The first-order chi connectivity index (χ1) is 3.81. The number of aliphatic carboxylic acids is 1. The monoisotopic (exact) mass is 118 g/mol.